The van der Waals surface area contributed by atoms with Gasteiger partial charge in [-0.3, -0.25) is 10.0 Å². The summed E-state index contributed by atoms with van der Waals surface area (Å²) in [5, 5.41) is 13.7. The molecule has 2 aromatic carbocycles. The molecule has 2 aromatic heterocycles. The summed E-state index contributed by atoms with van der Waals surface area (Å²) in [5.74, 6) is 1.53. The van der Waals surface area contributed by atoms with E-state index in [1.807, 2.05) is 36.4 Å². The number of rotatable bonds is 11. The number of ether oxygens (including phenoxy) is 2. The van der Waals surface area contributed by atoms with Crippen molar-refractivity contribution >= 4 is 39.3 Å². The molecule has 0 unspecified atom stereocenters. The van der Waals surface area contributed by atoms with E-state index < -0.39 is 0 Å². The highest BCUT2D eigenvalue weighted by atomic mass is 16.5. The Morgan fingerprint density at radius 1 is 1.06 bits per heavy atom. The van der Waals surface area contributed by atoms with E-state index in [2.05, 4.69) is 15.3 Å². The number of amides is 1. The van der Waals surface area contributed by atoms with Gasteiger partial charge in [-0.1, -0.05) is 12.8 Å². The molecule has 0 fully saturated rings. The number of nitrogens with zero attached hydrogens (tertiary/aromatic N) is 2. The number of methoxy groups -OCH3 is 1. The number of hydrogen-bond donors (Lipinski definition) is 3. The van der Waals surface area contributed by atoms with Crippen LogP contribution in [0, 0.1) is 0 Å². The van der Waals surface area contributed by atoms with E-state index in [4.69, 9.17) is 19.1 Å². The lowest BCUT2D eigenvalue weighted by atomic mass is 10.1. The van der Waals surface area contributed by atoms with E-state index in [1.54, 1.807) is 18.9 Å². The normalized spacial score (nSPS) is 11.0. The van der Waals surface area contributed by atoms with Gasteiger partial charge in [-0.25, -0.2) is 15.4 Å². The third-order valence-electron chi connectivity index (χ3n) is 5.32. The van der Waals surface area contributed by atoms with Crippen molar-refractivity contribution in [2.45, 2.75) is 32.1 Å². The minimum absolute atomic E-state index is 0.319. The van der Waals surface area contributed by atoms with Gasteiger partial charge in [-0.15, -0.1) is 0 Å². The summed E-state index contributed by atoms with van der Waals surface area (Å²) in [7, 11) is 1.60. The van der Waals surface area contributed by atoms with E-state index in [9.17, 15) is 4.79 Å². The highest BCUT2D eigenvalue weighted by Gasteiger charge is 2.12. The van der Waals surface area contributed by atoms with Crippen LogP contribution in [0.5, 0.6) is 11.5 Å². The summed E-state index contributed by atoms with van der Waals surface area (Å²) in [6, 6.07) is 11.5. The maximum atomic E-state index is 11.0. The second kappa shape index (κ2) is 10.6. The van der Waals surface area contributed by atoms with Crippen LogP contribution in [0.2, 0.25) is 0 Å². The van der Waals surface area contributed by atoms with Crippen molar-refractivity contribution in [3.05, 3.63) is 49.0 Å². The minimum Gasteiger partial charge on any atom is -0.493 e. The first-order valence-electron chi connectivity index (χ1n) is 10.8. The number of hydroxylamine groups is 1. The zero-order chi connectivity index (χ0) is 23.0. The molecule has 0 bridgehead atoms. The van der Waals surface area contributed by atoms with Gasteiger partial charge in [0, 0.05) is 28.9 Å². The van der Waals surface area contributed by atoms with Gasteiger partial charge in [-0.2, -0.15) is 0 Å². The molecular formula is C24H26N4O5. The van der Waals surface area contributed by atoms with Gasteiger partial charge in [0.15, 0.2) is 11.5 Å². The fourth-order valence-electron chi connectivity index (χ4n) is 3.60. The minimum atomic E-state index is -0.358. The molecule has 9 nitrogen and oxygen atoms in total. The second-order valence-electron chi connectivity index (χ2n) is 7.59. The van der Waals surface area contributed by atoms with Crippen LogP contribution < -0.4 is 20.3 Å². The van der Waals surface area contributed by atoms with Crippen LogP contribution in [0.4, 0.5) is 11.5 Å². The molecule has 0 saturated heterocycles. The molecule has 0 spiro atoms. The number of carbonyl (C=O) groups excluding carboxylic acids is 1. The first-order valence-corrected chi connectivity index (χ1v) is 10.8. The first kappa shape index (κ1) is 22.3. The van der Waals surface area contributed by atoms with Crippen LogP contribution in [0.3, 0.4) is 0 Å². The fraction of sp³-hybridized carbons (Fsp3) is 0.292. The molecular weight excluding hydrogens is 424 g/mol. The Hall–Kier alpha value is -3.85. The number of fused-ring (bicyclic) bond motifs is 2. The molecule has 33 heavy (non-hydrogen) atoms. The third-order valence-corrected chi connectivity index (χ3v) is 5.32. The molecule has 172 valence electrons. The van der Waals surface area contributed by atoms with Crippen molar-refractivity contribution in [3.63, 3.8) is 0 Å². The summed E-state index contributed by atoms with van der Waals surface area (Å²) in [6.45, 7) is 0.516. The average molecular weight is 450 g/mol. The van der Waals surface area contributed by atoms with Gasteiger partial charge < -0.3 is 19.2 Å². The Kier molecular flexibility index (Phi) is 7.21. The maximum absolute atomic E-state index is 11.0. The molecule has 3 N–H and O–H groups in total. The number of benzene rings is 2. The maximum Gasteiger partial charge on any atom is 0.243 e. The molecule has 1 amide bonds. The third kappa shape index (κ3) is 5.50. The lowest BCUT2D eigenvalue weighted by molar-refractivity contribution is -0.129. The molecule has 0 atom stereocenters. The largest absolute Gasteiger partial charge is 0.493 e. The first-order chi connectivity index (χ1) is 16.2. The molecule has 0 radical (unpaired) electrons. The summed E-state index contributed by atoms with van der Waals surface area (Å²) >= 11 is 0. The summed E-state index contributed by atoms with van der Waals surface area (Å²) in [5.41, 5.74) is 4.09. The zero-order valence-corrected chi connectivity index (χ0v) is 18.3. The molecule has 0 aliphatic heterocycles. The van der Waals surface area contributed by atoms with Crippen LogP contribution >= 0.6 is 0 Å². The van der Waals surface area contributed by atoms with Crippen LogP contribution in [-0.4, -0.2) is 34.8 Å². The van der Waals surface area contributed by atoms with Gasteiger partial charge >= 0.3 is 0 Å². The zero-order valence-electron chi connectivity index (χ0n) is 18.3. The number of hydrogen-bond acceptors (Lipinski definition) is 8. The predicted molar refractivity (Wildman–Crippen MR) is 124 cm³/mol. The highest BCUT2D eigenvalue weighted by Crippen LogP contribution is 2.35. The Morgan fingerprint density at radius 2 is 1.94 bits per heavy atom. The van der Waals surface area contributed by atoms with E-state index >= 15 is 0 Å². The van der Waals surface area contributed by atoms with Gasteiger partial charge in [0.05, 0.1) is 25.5 Å². The Morgan fingerprint density at radius 3 is 2.79 bits per heavy atom. The van der Waals surface area contributed by atoms with E-state index in [0.29, 0.717) is 30.3 Å². The Labute approximate surface area is 190 Å². The van der Waals surface area contributed by atoms with E-state index in [-0.39, 0.29) is 5.91 Å². The molecule has 0 aliphatic carbocycles. The highest BCUT2D eigenvalue weighted by molar-refractivity contribution is 5.93. The average Bonchev–Trinajstić information content (AvgIpc) is 3.31. The Balaban J connectivity index is 1.45. The van der Waals surface area contributed by atoms with Crippen molar-refractivity contribution in [2.24, 2.45) is 0 Å². The summed E-state index contributed by atoms with van der Waals surface area (Å²) < 4.78 is 16.9. The number of anilines is 2. The molecule has 0 saturated carbocycles. The van der Waals surface area contributed by atoms with Crippen LogP contribution in [0.25, 0.3) is 21.9 Å². The smallest absolute Gasteiger partial charge is 0.243 e. The number of furan rings is 1. The number of unbranched alkanes of at least 4 members (excludes halogenated alkanes) is 3. The van der Waals surface area contributed by atoms with E-state index in [0.717, 1.165) is 53.2 Å². The van der Waals surface area contributed by atoms with Crippen LogP contribution in [0.1, 0.15) is 32.1 Å². The standard InChI is InChI=1S/C24H26N4O5/c1-31-21-14-19-18(13-22(21)32-10-5-3-2-4-6-23(29)28-30)24(26-15-25-19)27-17-7-8-20-16(12-17)9-11-33-20/h7-9,11-15,30H,2-6,10H2,1H3,(H,28,29)(H,25,26,27). The van der Waals surface area contributed by atoms with Crippen molar-refractivity contribution in [3.8, 4) is 11.5 Å². The second-order valence-corrected chi connectivity index (χ2v) is 7.59. The van der Waals surface area contributed by atoms with Crippen LogP contribution in [-0.2, 0) is 4.79 Å². The molecule has 4 rings (SSSR count). The lowest BCUT2D eigenvalue weighted by Gasteiger charge is -2.14. The molecule has 2 heterocycles. The monoisotopic (exact) mass is 450 g/mol. The quantitative estimate of drug-likeness (QED) is 0.167. The predicted octanol–water partition coefficient (Wildman–Crippen LogP) is 4.96. The van der Waals surface area contributed by atoms with Gasteiger partial charge in [0.25, 0.3) is 0 Å². The summed E-state index contributed by atoms with van der Waals surface area (Å²) in [4.78, 5) is 19.8. The van der Waals surface area contributed by atoms with Gasteiger partial charge in [0.1, 0.15) is 17.7 Å². The summed E-state index contributed by atoms with van der Waals surface area (Å²) in [6.07, 6.45) is 6.86. The van der Waals surface area contributed by atoms with Crippen molar-refractivity contribution < 1.29 is 23.9 Å². The topological polar surface area (TPSA) is 119 Å². The molecule has 9 heteroatoms. The van der Waals surface area contributed by atoms with Crippen molar-refractivity contribution in [1.82, 2.24) is 15.4 Å². The van der Waals surface area contributed by atoms with E-state index in [1.165, 1.54) is 6.33 Å². The van der Waals surface area contributed by atoms with Gasteiger partial charge in [0.2, 0.25) is 5.91 Å². The Bertz CT molecular complexity index is 1240. The fourth-order valence-corrected chi connectivity index (χ4v) is 3.60. The number of nitrogens with one attached hydrogen (secondary N) is 2. The van der Waals surface area contributed by atoms with Gasteiger partial charge in [-0.05, 0) is 43.2 Å². The van der Waals surface area contributed by atoms with Crippen molar-refractivity contribution in [1.29, 1.82) is 0 Å². The number of carbonyl (C=O) groups is 1. The molecule has 4 aromatic rings. The van der Waals surface area contributed by atoms with Crippen molar-refractivity contribution in [2.75, 3.05) is 19.0 Å². The SMILES string of the molecule is COc1cc2ncnc(Nc3ccc4occc4c3)c2cc1OCCCCCCC(=O)NO. The lowest BCUT2D eigenvalue weighted by Crippen LogP contribution is -2.17. The molecule has 0 aliphatic rings. The number of aromatic nitrogens is 2. The van der Waals surface area contributed by atoms with Crippen LogP contribution in [0.15, 0.2) is 53.4 Å².